The van der Waals surface area contributed by atoms with E-state index in [0.717, 1.165) is 0 Å². The van der Waals surface area contributed by atoms with Crippen molar-refractivity contribution < 1.29 is 23.9 Å². The molecule has 0 aromatic rings. The zero-order valence-corrected chi connectivity index (χ0v) is 12.0. The standard InChI is InChI=1S/C13H21NO5/c1-8(2)18-10(16)13(6-9(15)7-13)14-11(17)19-12(3,4)5/h8H,6-7H2,1-5H3,(H,14,17). The summed E-state index contributed by atoms with van der Waals surface area (Å²) >= 11 is 0. The second kappa shape index (κ2) is 5.19. The second-order valence-corrected chi connectivity index (χ2v) is 6.06. The monoisotopic (exact) mass is 271 g/mol. The first-order chi connectivity index (χ1) is 8.54. The fourth-order valence-electron chi connectivity index (χ4n) is 1.73. The Morgan fingerprint density at radius 3 is 2.16 bits per heavy atom. The summed E-state index contributed by atoms with van der Waals surface area (Å²) in [6.07, 6.45) is -1.11. The Bertz CT molecular complexity index is 386. The molecule has 1 aliphatic carbocycles. The summed E-state index contributed by atoms with van der Waals surface area (Å²) in [5.74, 6) is -0.676. The Labute approximate surface area is 112 Å². The Hall–Kier alpha value is -1.59. The molecule has 1 rings (SSSR count). The number of carbonyl (C=O) groups is 3. The molecule has 0 bridgehead atoms. The van der Waals surface area contributed by atoms with E-state index in [2.05, 4.69) is 5.32 Å². The van der Waals surface area contributed by atoms with Crippen LogP contribution in [0.4, 0.5) is 4.79 Å². The number of hydrogen-bond donors (Lipinski definition) is 1. The highest BCUT2D eigenvalue weighted by atomic mass is 16.6. The molecular formula is C13H21NO5. The van der Waals surface area contributed by atoms with E-state index in [0.29, 0.717) is 0 Å². The molecule has 0 radical (unpaired) electrons. The highest BCUT2D eigenvalue weighted by Gasteiger charge is 2.53. The molecule has 0 heterocycles. The maximum atomic E-state index is 12.0. The van der Waals surface area contributed by atoms with Crippen molar-refractivity contribution in [3.05, 3.63) is 0 Å². The fraction of sp³-hybridized carbons (Fsp3) is 0.769. The van der Waals surface area contributed by atoms with Crippen molar-refractivity contribution in [2.45, 2.75) is 64.7 Å². The van der Waals surface area contributed by atoms with Gasteiger partial charge in [-0.2, -0.15) is 0 Å². The van der Waals surface area contributed by atoms with E-state index >= 15 is 0 Å². The predicted molar refractivity (Wildman–Crippen MR) is 67.6 cm³/mol. The van der Waals surface area contributed by atoms with Gasteiger partial charge in [0.25, 0.3) is 0 Å². The number of rotatable bonds is 3. The summed E-state index contributed by atoms with van der Waals surface area (Å²) in [6, 6.07) is 0. The van der Waals surface area contributed by atoms with Gasteiger partial charge in [0.2, 0.25) is 0 Å². The molecular weight excluding hydrogens is 250 g/mol. The van der Waals surface area contributed by atoms with Gasteiger partial charge in [0.1, 0.15) is 11.4 Å². The molecule has 0 atom stereocenters. The number of nitrogens with one attached hydrogen (secondary N) is 1. The molecule has 0 aromatic carbocycles. The van der Waals surface area contributed by atoms with E-state index in [1.54, 1.807) is 34.6 Å². The highest BCUT2D eigenvalue weighted by Crippen LogP contribution is 2.31. The van der Waals surface area contributed by atoms with Crippen LogP contribution in [-0.2, 0) is 19.1 Å². The zero-order valence-electron chi connectivity index (χ0n) is 12.0. The van der Waals surface area contributed by atoms with Gasteiger partial charge < -0.3 is 14.8 Å². The van der Waals surface area contributed by atoms with E-state index < -0.39 is 23.2 Å². The zero-order chi connectivity index (χ0) is 14.8. The van der Waals surface area contributed by atoms with Gasteiger partial charge in [0.05, 0.1) is 6.10 Å². The van der Waals surface area contributed by atoms with Crippen LogP contribution in [0.2, 0.25) is 0 Å². The predicted octanol–water partition coefficient (Wildman–Crippen LogP) is 1.56. The Balaban J connectivity index is 2.70. The Kier molecular flexibility index (Phi) is 4.22. The molecule has 0 aliphatic heterocycles. The van der Waals surface area contributed by atoms with Gasteiger partial charge in [0, 0.05) is 12.8 Å². The summed E-state index contributed by atoms with van der Waals surface area (Å²) in [4.78, 5) is 34.8. The molecule has 0 spiro atoms. The van der Waals surface area contributed by atoms with Crippen molar-refractivity contribution >= 4 is 17.8 Å². The van der Waals surface area contributed by atoms with Gasteiger partial charge in [-0.1, -0.05) is 0 Å². The van der Waals surface area contributed by atoms with Crippen molar-refractivity contribution in [2.75, 3.05) is 0 Å². The lowest BCUT2D eigenvalue weighted by molar-refractivity contribution is -0.163. The number of alkyl carbamates (subject to hydrolysis) is 1. The van der Waals surface area contributed by atoms with Crippen LogP contribution in [0.5, 0.6) is 0 Å². The molecule has 0 saturated heterocycles. The van der Waals surface area contributed by atoms with Crippen LogP contribution in [0.3, 0.4) is 0 Å². The maximum absolute atomic E-state index is 12.0. The van der Waals surface area contributed by atoms with Crippen molar-refractivity contribution in [2.24, 2.45) is 0 Å². The van der Waals surface area contributed by atoms with Crippen molar-refractivity contribution in [3.8, 4) is 0 Å². The Morgan fingerprint density at radius 2 is 1.79 bits per heavy atom. The minimum absolute atomic E-state index is 0.0439. The first-order valence-electron chi connectivity index (χ1n) is 6.28. The lowest BCUT2D eigenvalue weighted by atomic mass is 9.75. The third-order valence-corrected chi connectivity index (χ3v) is 2.47. The molecule has 1 amide bonds. The molecule has 6 heteroatoms. The van der Waals surface area contributed by atoms with Crippen molar-refractivity contribution in [1.29, 1.82) is 0 Å². The number of carbonyl (C=O) groups excluding carboxylic acids is 3. The number of hydrogen-bond acceptors (Lipinski definition) is 5. The molecule has 19 heavy (non-hydrogen) atoms. The minimum atomic E-state index is -1.26. The second-order valence-electron chi connectivity index (χ2n) is 6.06. The minimum Gasteiger partial charge on any atom is -0.461 e. The van der Waals surface area contributed by atoms with Gasteiger partial charge in [-0.25, -0.2) is 9.59 Å². The van der Waals surface area contributed by atoms with Gasteiger partial charge in [-0.3, -0.25) is 4.79 Å². The number of esters is 1. The number of ether oxygens (including phenoxy) is 2. The fourth-order valence-corrected chi connectivity index (χ4v) is 1.73. The number of Topliss-reactive ketones (excluding diaryl/α,β-unsaturated/α-hetero) is 1. The molecule has 1 aliphatic rings. The van der Waals surface area contributed by atoms with E-state index in [4.69, 9.17) is 9.47 Å². The quantitative estimate of drug-likeness (QED) is 0.788. The van der Waals surface area contributed by atoms with Crippen LogP contribution in [0, 0.1) is 0 Å². The van der Waals surface area contributed by atoms with E-state index in [1.807, 2.05) is 0 Å². The summed E-state index contributed by atoms with van der Waals surface area (Å²) < 4.78 is 10.2. The Morgan fingerprint density at radius 1 is 1.26 bits per heavy atom. The summed E-state index contributed by atoms with van der Waals surface area (Å²) in [5, 5.41) is 2.47. The van der Waals surface area contributed by atoms with Crippen LogP contribution >= 0.6 is 0 Å². The topological polar surface area (TPSA) is 81.7 Å². The summed E-state index contributed by atoms with van der Waals surface area (Å²) in [5.41, 5.74) is -1.93. The van der Waals surface area contributed by atoms with E-state index in [9.17, 15) is 14.4 Å². The molecule has 6 nitrogen and oxygen atoms in total. The SMILES string of the molecule is CC(C)OC(=O)C1(NC(=O)OC(C)(C)C)CC(=O)C1. The lowest BCUT2D eigenvalue weighted by Crippen LogP contribution is -2.64. The average molecular weight is 271 g/mol. The van der Waals surface area contributed by atoms with Gasteiger partial charge in [-0.05, 0) is 34.6 Å². The van der Waals surface area contributed by atoms with Crippen LogP contribution < -0.4 is 5.32 Å². The molecule has 1 saturated carbocycles. The molecule has 1 fully saturated rings. The van der Waals surface area contributed by atoms with Crippen molar-refractivity contribution in [1.82, 2.24) is 5.32 Å². The van der Waals surface area contributed by atoms with Crippen LogP contribution in [0.25, 0.3) is 0 Å². The average Bonchev–Trinajstić information content (AvgIpc) is 2.09. The van der Waals surface area contributed by atoms with Crippen LogP contribution in [0.1, 0.15) is 47.5 Å². The van der Waals surface area contributed by atoms with Crippen LogP contribution in [0.15, 0.2) is 0 Å². The highest BCUT2D eigenvalue weighted by molar-refractivity contribution is 6.02. The lowest BCUT2D eigenvalue weighted by Gasteiger charge is -2.39. The van der Waals surface area contributed by atoms with E-state index in [-0.39, 0.29) is 24.7 Å². The van der Waals surface area contributed by atoms with Gasteiger partial charge in [0.15, 0.2) is 5.54 Å². The first-order valence-corrected chi connectivity index (χ1v) is 6.28. The summed E-state index contributed by atoms with van der Waals surface area (Å²) in [7, 11) is 0. The number of amides is 1. The normalized spacial score (nSPS) is 17.7. The number of ketones is 1. The molecule has 0 unspecified atom stereocenters. The summed E-state index contributed by atoms with van der Waals surface area (Å²) in [6.45, 7) is 8.58. The first kappa shape index (κ1) is 15.5. The van der Waals surface area contributed by atoms with Gasteiger partial charge in [-0.15, -0.1) is 0 Å². The van der Waals surface area contributed by atoms with Crippen molar-refractivity contribution in [3.63, 3.8) is 0 Å². The molecule has 108 valence electrons. The largest absolute Gasteiger partial charge is 0.461 e. The smallest absolute Gasteiger partial charge is 0.408 e. The molecule has 1 N–H and O–H groups in total. The third-order valence-electron chi connectivity index (χ3n) is 2.47. The molecule has 0 aromatic heterocycles. The van der Waals surface area contributed by atoms with Crippen LogP contribution in [-0.4, -0.2) is 35.1 Å². The van der Waals surface area contributed by atoms with Gasteiger partial charge >= 0.3 is 12.1 Å². The van der Waals surface area contributed by atoms with E-state index in [1.165, 1.54) is 0 Å². The third kappa shape index (κ3) is 4.22. The maximum Gasteiger partial charge on any atom is 0.408 e.